The molecule has 12 heteroatoms. The van der Waals surface area contributed by atoms with E-state index in [1.807, 2.05) is 0 Å². The number of halogens is 2. The Hall–Kier alpha value is -5.52. The van der Waals surface area contributed by atoms with Crippen LogP contribution in [0.2, 0.25) is 0 Å². The van der Waals surface area contributed by atoms with E-state index in [1.54, 1.807) is 13.8 Å². The fraction of sp³-hybridized carbons (Fsp3) is 0.381. The molecule has 0 aromatic heterocycles. The van der Waals surface area contributed by atoms with Gasteiger partial charge in [0.1, 0.15) is 34.6 Å². The molecule has 0 radical (unpaired) electrons. The van der Waals surface area contributed by atoms with Crippen molar-refractivity contribution in [2.24, 2.45) is 0 Å². The van der Waals surface area contributed by atoms with Gasteiger partial charge in [-0.2, -0.15) is 0 Å². The van der Waals surface area contributed by atoms with E-state index >= 15 is 0 Å². The molecule has 3 rings (SSSR count). The molecule has 0 aliphatic heterocycles. The Kier molecular flexibility index (Phi) is 18.4. The Bertz CT molecular complexity index is 1610. The van der Waals surface area contributed by atoms with Gasteiger partial charge in [-0.3, -0.25) is 0 Å². The van der Waals surface area contributed by atoms with Crippen molar-refractivity contribution >= 4 is 23.9 Å². The van der Waals surface area contributed by atoms with Gasteiger partial charge in [-0.05, 0) is 88.1 Å². The Labute approximate surface area is 315 Å². The van der Waals surface area contributed by atoms with Crippen LogP contribution < -0.4 is 18.9 Å². The number of hydrogen-bond donors (Lipinski definition) is 0. The quantitative estimate of drug-likeness (QED) is 0.0379. The summed E-state index contributed by atoms with van der Waals surface area (Å²) in [5.74, 6) is -3.54. The van der Waals surface area contributed by atoms with Crippen molar-refractivity contribution in [3.63, 3.8) is 0 Å². The highest BCUT2D eigenvalue weighted by molar-refractivity contribution is 5.92. The van der Waals surface area contributed by atoms with Gasteiger partial charge in [-0.15, -0.1) is 0 Å². The van der Waals surface area contributed by atoms with Crippen molar-refractivity contribution in [3.05, 3.63) is 108 Å². The van der Waals surface area contributed by atoms with E-state index < -0.39 is 23.6 Å². The van der Waals surface area contributed by atoms with Crippen molar-refractivity contribution in [3.8, 4) is 23.0 Å². The molecule has 0 aliphatic carbocycles. The van der Waals surface area contributed by atoms with Gasteiger partial charge in [0.25, 0.3) is 0 Å². The highest BCUT2D eigenvalue weighted by atomic mass is 19.1. The van der Waals surface area contributed by atoms with Crippen LogP contribution in [-0.4, -0.2) is 50.3 Å². The van der Waals surface area contributed by atoms with E-state index in [0.717, 1.165) is 76.3 Å². The van der Waals surface area contributed by atoms with E-state index in [-0.39, 0.29) is 46.1 Å². The van der Waals surface area contributed by atoms with Gasteiger partial charge >= 0.3 is 23.9 Å². The van der Waals surface area contributed by atoms with Gasteiger partial charge in [0, 0.05) is 23.3 Å². The maximum absolute atomic E-state index is 14.7. The molecule has 290 valence electrons. The normalized spacial score (nSPS) is 10.6. The van der Waals surface area contributed by atoms with Crippen molar-refractivity contribution < 1.29 is 56.4 Å². The van der Waals surface area contributed by atoms with E-state index in [2.05, 4.69) is 13.2 Å². The first-order chi connectivity index (χ1) is 25.9. The lowest BCUT2D eigenvalue weighted by atomic mass is 10.1. The van der Waals surface area contributed by atoms with E-state index in [4.69, 9.17) is 28.4 Å². The first-order valence-electron chi connectivity index (χ1n) is 18.0. The second-order valence-corrected chi connectivity index (χ2v) is 12.6. The Morgan fingerprint density at radius 2 is 0.796 bits per heavy atom. The molecule has 0 N–H and O–H groups in total. The summed E-state index contributed by atoms with van der Waals surface area (Å²) in [4.78, 5) is 48.0. The molecule has 0 atom stereocenters. The fourth-order valence-corrected chi connectivity index (χ4v) is 4.83. The third-order valence-corrected chi connectivity index (χ3v) is 7.84. The van der Waals surface area contributed by atoms with Crippen LogP contribution in [-0.2, 0) is 19.1 Å². The van der Waals surface area contributed by atoms with Crippen LogP contribution in [0.15, 0.2) is 85.0 Å². The largest absolute Gasteiger partial charge is 0.493 e. The van der Waals surface area contributed by atoms with Crippen molar-refractivity contribution in [2.45, 2.75) is 78.1 Å². The molecule has 0 amide bonds. The minimum Gasteiger partial charge on any atom is -0.493 e. The molecule has 3 aromatic carbocycles. The first-order valence-corrected chi connectivity index (χ1v) is 18.0. The second-order valence-electron chi connectivity index (χ2n) is 12.6. The Morgan fingerprint density at radius 3 is 1.13 bits per heavy atom. The van der Waals surface area contributed by atoms with Gasteiger partial charge in [0.05, 0.1) is 37.6 Å². The standard InChI is InChI=1S/C42H48F2O10/c1-29(2)39(45)51-25-13-9-5-7-11-23-49-33-19-21-35(37(43)27-33)41(47)53-31-15-17-32(18-16-31)54-42(48)36-22-20-34(28-38(36)44)50-24-12-8-6-10-14-26-52-40(46)30(3)4/h15-22,27-28H,1,3,5-14,23-26H2,2,4H3. The molecular weight excluding hydrogens is 702 g/mol. The maximum Gasteiger partial charge on any atom is 0.346 e. The molecule has 0 fully saturated rings. The van der Waals surface area contributed by atoms with Crippen LogP contribution in [0.5, 0.6) is 23.0 Å². The van der Waals surface area contributed by atoms with Crippen LogP contribution in [0, 0.1) is 11.6 Å². The number of carbonyl (C=O) groups is 4. The third-order valence-electron chi connectivity index (χ3n) is 7.84. The number of unbranched alkanes of at least 4 members (excludes halogenated alkanes) is 8. The molecule has 0 aliphatic rings. The summed E-state index contributed by atoms with van der Waals surface area (Å²) in [6.07, 6.45) is 8.48. The third kappa shape index (κ3) is 15.6. The van der Waals surface area contributed by atoms with Gasteiger partial charge in [0.15, 0.2) is 0 Å². The van der Waals surface area contributed by atoms with Crippen molar-refractivity contribution in [2.75, 3.05) is 26.4 Å². The first kappa shape index (κ1) is 42.9. The highest BCUT2D eigenvalue weighted by Gasteiger charge is 2.18. The number of ether oxygens (including phenoxy) is 6. The van der Waals surface area contributed by atoms with Crippen molar-refractivity contribution in [1.82, 2.24) is 0 Å². The smallest absolute Gasteiger partial charge is 0.346 e. The van der Waals surface area contributed by atoms with E-state index in [9.17, 15) is 28.0 Å². The van der Waals surface area contributed by atoms with Gasteiger partial charge < -0.3 is 28.4 Å². The van der Waals surface area contributed by atoms with E-state index in [1.165, 1.54) is 48.5 Å². The zero-order valence-corrected chi connectivity index (χ0v) is 30.9. The zero-order chi connectivity index (χ0) is 39.3. The molecule has 0 heterocycles. The molecule has 3 aromatic rings. The monoisotopic (exact) mass is 750 g/mol. The average Bonchev–Trinajstić information content (AvgIpc) is 3.13. The van der Waals surface area contributed by atoms with Gasteiger partial charge in [0.2, 0.25) is 0 Å². The zero-order valence-electron chi connectivity index (χ0n) is 30.9. The molecule has 0 bridgehead atoms. The lowest BCUT2D eigenvalue weighted by Gasteiger charge is -2.10. The molecule has 0 spiro atoms. The summed E-state index contributed by atoms with van der Waals surface area (Å²) in [5.41, 5.74) is 0.177. The summed E-state index contributed by atoms with van der Waals surface area (Å²) in [6, 6.07) is 13.2. The number of benzene rings is 3. The highest BCUT2D eigenvalue weighted by Crippen LogP contribution is 2.24. The lowest BCUT2D eigenvalue weighted by molar-refractivity contribution is -0.139. The Morgan fingerprint density at radius 1 is 0.481 bits per heavy atom. The van der Waals surface area contributed by atoms with Gasteiger partial charge in [-0.1, -0.05) is 51.7 Å². The summed E-state index contributed by atoms with van der Waals surface area (Å²) in [6.45, 7) is 11.7. The number of esters is 4. The predicted molar refractivity (Wildman–Crippen MR) is 198 cm³/mol. The topological polar surface area (TPSA) is 124 Å². The predicted octanol–water partition coefficient (Wildman–Crippen LogP) is 9.30. The number of rotatable bonds is 24. The van der Waals surface area contributed by atoms with E-state index in [0.29, 0.717) is 37.6 Å². The summed E-state index contributed by atoms with van der Waals surface area (Å²) < 4.78 is 61.3. The number of carbonyl (C=O) groups excluding carboxylic acids is 4. The fourth-order valence-electron chi connectivity index (χ4n) is 4.83. The summed E-state index contributed by atoms with van der Waals surface area (Å²) in [7, 11) is 0. The summed E-state index contributed by atoms with van der Waals surface area (Å²) in [5, 5.41) is 0. The molecule has 10 nitrogen and oxygen atoms in total. The molecule has 0 saturated heterocycles. The van der Waals surface area contributed by atoms with Crippen LogP contribution >= 0.6 is 0 Å². The molecule has 0 saturated carbocycles. The number of hydrogen-bond acceptors (Lipinski definition) is 10. The van der Waals surface area contributed by atoms with Crippen LogP contribution in [0.4, 0.5) is 8.78 Å². The molecule has 0 unspecified atom stereocenters. The van der Waals surface area contributed by atoms with Crippen molar-refractivity contribution in [1.29, 1.82) is 0 Å². The second kappa shape index (κ2) is 23.2. The average molecular weight is 751 g/mol. The van der Waals surface area contributed by atoms with Crippen LogP contribution in [0.3, 0.4) is 0 Å². The van der Waals surface area contributed by atoms with Gasteiger partial charge in [-0.25, -0.2) is 28.0 Å². The lowest BCUT2D eigenvalue weighted by Crippen LogP contribution is -2.12. The summed E-state index contributed by atoms with van der Waals surface area (Å²) >= 11 is 0. The van der Waals surface area contributed by atoms with Crippen LogP contribution in [0.1, 0.15) is 98.8 Å². The molecular formula is C42H48F2O10. The maximum atomic E-state index is 14.7. The minimum atomic E-state index is -0.930. The SMILES string of the molecule is C=C(C)C(=O)OCCCCCCCOc1ccc(C(=O)Oc2ccc(OC(=O)c3ccc(OCCCCCCCOC(=O)C(=C)C)cc3F)cc2)c(F)c1. The minimum absolute atomic E-state index is 0.0743. The Balaban J connectivity index is 1.34. The molecule has 54 heavy (non-hydrogen) atoms. The van der Waals surface area contributed by atoms with Crippen LogP contribution in [0.25, 0.3) is 0 Å².